The van der Waals surface area contributed by atoms with E-state index in [4.69, 9.17) is 0 Å². The normalized spacial score (nSPS) is 10.9. The summed E-state index contributed by atoms with van der Waals surface area (Å²) < 4.78 is 0. The lowest BCUT2D eigenvalue weighted by Gasteiger charge is -2.40. The van der Waals surface area contributed by atoms with Crippen LogP contribution >= 0.6 is 0 Å². The van der Waals surface area contributed by atoms with Crippen LogP contribution in [-0.4, -0.2) is 0 Å². The number of benzene rings is 9. The van der Waals surface area contributed by atoms with E-state index in [2.05, 4.69) is 277 Å². The van der Waals surface area contributed by atoms with Crippen molar-refractivity contribution in [3.63, 3.8) is 0 Å². The Labute approximate surface area is 379 Å². The molecule has 0 fully saturated rings. The van der Waals surface area contributed by atoms with E-state index in [0.29, 0.717) is 0 Å². The van der Waals surface area contributed by atoms with Crippen molar-refractivity contribution in [1.82, 2.24) is 0 Å². The van der Waals surface area contributed by atoms with Crippen molar-refractivity contribution in [3.8, 4) is 0 Å². The molecule has 0 saturated heterocycles. The van der Waals surface area contributed by atoms with Crippen molar-refractivity contribution in [2.45, 2.75) is 40.0 Å². The predicted molar refractivity (Wildman–Crippen MR) is 273 cm³/mol. The van der Waals surface area contributed by atoms with Crippen molar-refractivity contribution in [2.75, 3.05) is 19.6 Å². The minimum Gasteiger partial charge on any atom is -0.308 e. The maximum atomic E-state index is 2.49. The second-order valence-corrected chi connectivity index (χ2v) is 15.9. The van der Waals surface area contributed by atoms with Crippen LogP contribution in [0.3, 0.4) is 0 Å². The van der Waals surface area contributed by atoms with Crippen LogP contribution in [0.4, 0.5) is 68.2 Å². The zero-order valence-electron chi connectivity index (χ0n) is 36.9. The van der Waals surface area contributed by atoms with Gasteiger partial charge in [0.15, 0.2) is 0 Å². The molecule has 0 spiro atoms. The Balaban J connectivity index is 1.53. The number of hydrogen-bond acceptors (Lipinski definition) is 4. The largest absolute Gasteiger partial charge is 0.308 e. The van der Waals surface area contributed by atoms with E-state index in [1.807, 2.05) is 0 Å². The number of rotatable bonds is 15. The number of anilines is 12. The average Bonchev–Trinajstić information content (AvgIpc) is 3.37. The van der Waals surface area contributed by atoms with E-state index in [9.17, 15) is 0 Å². The molecule has 0 radical (unpaired) electrons. The molecular weight excluding hydrogens is 777 g/mol. The van der Waals surface area contributed by atoms with Crippen LogP contribution in [-0.2, 0) is 19.3 Å². The highest BCUT2D eigenvalue weighted by atomic mass is 15.3. The molecular formula is C60H54N4. The molecule has 9 aromatic rings. The van der Waals surface area contributed by atoms with E-state index in [1.165, 1.54) is 16.7 Å². The molecule has 4 heteroatoms. The Kier molecular flexibility index (Phi) is 12.6. The third-order valence-corrected chi connectivity index (χ3v) is 11.8. The van der Waals surface area contributed by atoms with Crippen LogP contribution in [0.25, 0.3) is 0 Å². The second-order valence-electron chi connectivity index (χ2n) is 15.9. The maximum absolute atomic E-state index is 2.49. The summed E-state index contributed by atoms with van der Waals surface area (Å²) in [4.78, 5) is 9.83. The molecule has 0 N–H and O–H groups in total. The van der Waals surface area contributed by atoms with E-state index in [0.717, 1.165) is 87.5 Å². The quantitative estimate of drug-likeness (QED) is 0.102. The molecule has 0 atom stereocenters. The summed E-state index contributed by atoms with van der Waals surface area (Å²) in [5, 5.41) is 0. The summed E-state index contributed by atoms with van der Waals surface area (Å²) in [6, 6.07) is 85.9. The third kappa shape index (κ3) is 8.64. The molecule has 9 aromatic carbocycles. The molecule has 64 heavy (non-hydrogen) atoms. The molecule has 0 aliphatic heterocycles. The number of nitrogens with zero attached hydrogens (tertiary/aromatic N) is 4. The van der Waals surface area contributed by atoms with E-state index in [-0.39, 0.29) is 0 Å². The van der Waals surface area contributed by atoms with E-state index >= 15 is 0 Å². The Hall–Kier alpha value is -7.82. The molecule has 0 heterocycles. The molecule has 0 unspecified atom stereocenters. The third-order valence-electron chi connectivity index (χ3n) is 11.8. The molecule has 0 amide bonds. The van der Waals surface area contributed by atoms with Crippen LogP contribution in [0.15, 0.2) is 237 Å². The van der Waals surface area contributed by atoms with Crippen molar-refractivity contribution >= 4 is 68.2 Å². The van der Waals surface area contributed by atoms with Crippen LogP contribution in [0.1, 0.15) is 37.5 Å². The van der Waals surface area contributed by atoms with Crippen molar-refractivity contribution in [2.24, 2.45) is 0 Å². The highest BCUT2D eigenvalue weighted by molar-refractivity contribution is 6.07. The molecule has 0 aliphatic carbocycles. The smallest absolute Gasteiger partial charge is 0.0968 e. The lowest BCUT2D eigenvalue weighted by atomic mass is 10.0. The highest BCUT2D eigenvalue weighted by Crippen LogP contribution is 2.58. The van der Waals surface area contributed by atoms with Gasteiger partial charge in [0, 0.05) is 45.5 Å². The first kappa shape index (κ1) is 41.5. The van der Waals surface area contributed by atoms with Gasteiger partial charge in [-0.1, -0.05) is 148 Å². The van der Waals surface area contributed by atoms with Gasteiger partial charge in [0.25, 0.3) is 0 Å². The lowest BCUT2D eigenvalue weighted by Crippen LogP contribution is -2.24. The minimum absolute atomic E-state index is 0.909. The summed E-state index contributed by atoms with van der Waals surface area (Å²) in [6.45, 7) is 6.69. The van der Waals surface area contributed by atoms with Crippen LogP contribution < -0.4 is 19.6 Å². The minimum atomic E-state index is 0.909. The van der Waals surface area contributed by atoms with Gasteiger partial charge in [-0.2, -0.15) is 0 Å². The van der Waals surface area contributed by atoms with Crippen molar-refractivity contribution < 1.29 is 0 Å². The summed E-state index contributed by atoms with van der Waals surface area (Å²) in [6.07, 6.45) is 2.74. The van der Waals surface area contributed by atoms with Gasteiger partial charge < -0.3 is 19.6 Å². The summed E-state index contributed by atoms with van der Waals surface area (Å²) >= 11 is 0. The fourth-order valence-electron chi connectivity index (χ4n) is 8.66. The Bertz CT molecular complexity index is 2860. The molecule has 0 bridgehead atoms. The fraction of sp³-hybridized carbons (Fsp3) is 0.100. The van der Waals surface area contributed by atoms with E-state index in [1.54, 1.807) is 0 Å². The Morgan fingerprint density at radius 3 is 0.750 bits per heavy atom. The molecule has 0 saturated carbocycles. The van der Waals surface area contributed by atoms with Gasteiger partial charge in [0.05, 0.1) is 22.7 Å². The monoisotopic (exact) mass is 830 g/mol. The lowest BCUT2D eigenvalue weighted by molar-refractivity contribution is 1.12. The van der Waals surface area contributed by atoms with E-state index < -0.39 is 0 Å². The van der Waals surface area contributed by atoms with Crippen LogP contribution in [0.5, 0.6) is 0 Å². The fourth-order valence-corrected chi connectivity index (χ4v) is 8.66. The predicted octanol–water partition coefficient (Wildman–Crippen LogP) is 17.3. The van der Waals surface area contributed by atoms with Gasteiger partial charge in [0.2, 0.25) is 0 Å². The first-order valence-electron chi connectivity index (χ1n) is 22.5. The first-order valence-corrected chi connectivity index (χ1v) is 22.5. The zero-order chi connectivity index (χ0) is 43.7. The van der Waals surface area contributed by atoms with Gasteiger partial charge in [-0.3, -0.25) is 0 Å². The SMILES string of the molecule is CCc1cccc(N(c2ccccc2)c2ccc(N(c3ccccc3)c3ccccc3)c(N(c3ccccc3)c3cccc(CC)c3)c2N(c2ccccc2)c2cccc(CC)c2)c1. The molecule has 4 nitrogen and oxygen atoms in total. The van der Waals surface area contributed by atoms with Crippen molar-refractivity contribution in [1.29, 1.82) is 0 Å². The van der Waals surface area contributed by atoms with Gasteiger partial charge in [0.1, 0.15) is 0 Å². The molecule has 0 aromatic heterocycles. The molecule has 314 valence electrons. The first-order chi connectivity index (χ1) is 31.6. The van der Waals surface area contributed by atoms with Gasteiger partial charge in [-0.15, -0.1) is 0 Å². The highest BCUT2D eigenvalue weighted by Gasteiger charge is 2.33. The number of hydrogen-bond donors (Lipinski definition) is 0. The molecule has 9 rings (SSSR count). The second kappa shape index (κ2) is 19.5. The molecule has 0 aliphatic rings. The number of aryl methyl sites for hydroxylation is 3. The van der Waals surface area contributed by atoms with Crippen LogP contribution in [0.2, 0.25) is 0 Å². The van der Waals surface area contributed by atoms with Gasteiger partial charge in [-0.25, -0.2) is 0 Å². The summed E-state index contributed by atoms with van der Waals surface area (Å²) in [5.41, 5.74) is 16.4. The average molecular weight is 831 g/mol. The Morgan fingerprint density at radius 2 is 0.469 bits per heavy atom. The zero-order valence-corrected chi connectivity index (χ0v) is 36.9. The standard InChI is InChI=1S/C60H54N4/c1-4-46-25-22-38-54(43-46)62(51-32-16-9-17-33-51)58-42-41-57(61(49-28-12-7-13-29-49)50-30-14-8-15-31-50)59(63(52-34-18-10-19-35-52)55-39-23-26-47(5-2)44-55)60(58)64(53-36-20-11-21-37-53)56-40-24-27-48(6-3)45-56/h7-45H,4-6H2,1-3H3. The van der Waals surface area contributed by atoms with Gasteiger partial charge >= 0.3 is 0 Å². The van der Waals surface area contributed by atoms with Gasteiger partial charge in [-0.05, 0) is 145 Å². The Morgan fingerprint density at radius 1 is 0.234 bits per heavy atom. The van der Waals surface area contributed by atoms with Crippen LogP contribution in [0, 0.1) is 0 Å². The topological polar surface area (TPSA) is 13.0 Å². The maximum Gasteiger partial charge on any atom is 0.0968 e. The summed E-state index contributed by atoms with van der Waals surface area (Å²) in [5.74, 6) is 0. The number of para-hydroxylation sites is 5. The van der Waals surface area contributed by atoms with Crippen molar-refractivity contribution in [3.05, 3.63) is 253 Å². The summed E-state index contributed by atoms with van der Waals surface area (Å²) in [7, 11) is 0.